The van der Waals surface area contributed by atoms with Crippen molar-refractivity contribution >= 4 is 23.2 Å². The molecule has 2 aromatic rings. The number of hydrogen-bond donors (Lipinski definition) is 0. The Balaban J connectivity index is 1.63. The highest BCUT2D eigenvalue weighted by Gasteiger charge is 2.23. The first-order valence-corrected chi connectivity index (χ1v) is 8.61. The number of nitrogens with zero attached hydrogens (tertiary/aromatic N) is 5. The molecular formula is C19H23N5O2. The Morgan fingerprint density at radius 3 is 2.19 bits per heavy atom. The molecule has 0 atom stereocenters. The zero-order chi connectivity index (χ0) is 18.7. The van der Waals surface area contributed by atoms with Crippen LogP contribution >= 0.6 is 0 Å². The minimum Gasteiger partial charge on any atom is -0.376 e. The van der Waals surface area contributed by atoms with Crippen LogP contribution in [0.15, 0.2) is 36.5 Å². The van der Waals surface area contributed by atoms with Gasteiger partial charge in [-0.2, -0.15) is 5.10 Å². The van der Waals surface area contributed by atoms with Crippen molar-refractivity contribution in [3.05, 3.63) is 47.7 Å². The van der Waals surface area contributed by atoms with Crippen LogP contribution in [0.1, 0.15) is 27.6 Å². The fourth-order valence-electron chi connectivity index (χ4n) is 2.91. The lowest BCUT2D eigenvalue weighted by Gasteiger charge is -2.35. The van der Waals surface area contributed by atoms with Gasteiger partial charge in [0.25, 0.3) is 5.91 Å². The van der Waals surface area contributed by atoms with Gasteiger partial charge in [0.2, 0.25) is 0 Å². The van der Waals surface area contributed by atoms with Crippen LogP contribution in [0.5, 0.6) is 0 Å². The molecule has 1 fully saturated rings. The molecule has 0 radical (unpaired) electrons. The Kier molecular flexibility index (Phi) is 5.16. The topological polar surface area (TPSA) is 69.6 Å². The molecule has 1 aliphatic heterocycles. The van der Waals surface area contributed by atoms with Crippen molar-refractivity contribution in [1.29, 1.82) is 0 Å². The molecule has 1 saturated heterocycles. The zero-order valence-electron chi connectivity index (χ0n) is 15.3. The molecule has 1 aliphatic rings. The molecule has 7 nitrogen and oxygen atoms in total. The number of benzene rings is 1. The van der Waals surface area contributed by atoms with Crippen molar-refractivity contribution in [3.63, 3.8) is 0 Å². The van der Waals surface area contributed by atoms with E-state index in [0.29, 0.717) is 37.3 Å². The summed E-state index contributed by atoms with van der Waals surface area (Å²) in [5, 5.41) is 8.28. The Morgan fingerprint density at radius 1 is 1.00 bits per heavy atom. The van der Waals surface area contributed by atoms with Crippen LogP contribution in [-0.2, 0) is 0 Å². The van der Waals surface area contributed by atoms with Gasteiger partial charge in [-0.15, -0.1) is 5.10 Å². The Labute approximate surface area is 153 Å². The van der Waals surface area contributed by atoms with Crippen LogP contribution < -0.4 is 9.80 Å². The molecule has 1 amide bonds. The maximum Gasteiger partial charge on any atom is 0.253 e. The summed E-state index contributed by atoms with van der Waals surface area (Å²) in [4.78, 5) is 30.0. The van der Waals surface area contributed by atoms with Crippen molar-refractivity contribution in [3.8, 4) is 0 Å². The number of carbonyl (C=O) groups excluding carboxylic acids is 2. The van der Waals surface area contributed by atoms with Crippen molar-refractivity contribution in [2.24, 2.45) is 0 Å². The molecule has 0 aliphatic carbocycles. The second kappa shape index (κ2) is 7.51. The molecule has 2 heterocycles. The summed E-state index contributed by atoms with van der Waals surface area (Å²) in [6.07, 6.45) is 1.73. The van der Waals surface area contributed by atoms with Gasteiger partial charge in [0.15, 0.2) is 11.6 Å². The number of Topliss-reactive ketones (excluding diaryl/α,β-unsaturated/α-hetero) is 1. The van der Waals surface area contributed by atoms with E-state index in [1.54, 1.807) is 30.5 Å². The number of hydrogen-bond acceptors (Lipinski definition) is 6. The van der Waals surface area contributed by atoms with Gasteiger partial charge in [-0.25, -0.2) is 0 Å². The van der Waals surface area contributed by atoms with Gasteiger partial charge in [0, 0.05) is 57.5 Å². The first kappa shape index (κ1) is 17.8. The maximum absolute atomic E-state index is 12.7. The lowest BCUT2D eigenvalue weighted by molar-refractivity contribution is 0.0746. The predicted molar refractivity (Wildman–Crippen MR) is 101 cm³/mol. The highest BCUT2D eigenvalue weighted by molar-refractivity contribution is 5.97. The molecule has 26 heavy (non-hydrogen) atoms. The largest absolute Gasteiger partial charge is 0.376 e. The summed E-state index contributed by atoms with van der Waals surface area (Å²) < 4.78 is 0. The summed E-state index contributed by atoms with van der Waals surface area (Å²) in [6.45, 7) is 4.19. The molecule has 1 aromatic heterocycles. The van der Waals surface area contributed by atoms with Crippen LogP contribution in [0.25, 0.3) is 0 Å². The summed E-state index contributed by atoms with van der Waals surface area (Å²) in [5.74, 6) is 0.820. The lowest BCUT2D eigenvalue weighted by atomic mass is 10.1. The number of aromatic nitrogens is 2. The third-order valence-electron chi connectivity index (χ3n) is 4.57. The fraction of sp³-hybridized carbons (Fsp3) is 0.368. The second-order valence-corrected chi connectivity index (χ2v) is 6.58. The third-order valence-corrected chi connectivity index (χ3v) is 4.57. The molecule has 0 N–H and O–H groups in total. The van der Waals surface area contributed by atoms with E-state index in [2.05, 4.69) is 15.1 Å². The smallest absolute Gasteiger partial charge is 0.253 e. The summed E-state index contributed by atoms with van der Waals surface area (Å²) in [5.41, 5.74) is 2.22. The monoisotopic (exact) mass is 353 g/mol. The lowest BCUT2D eigenvalue weighted by Crippen LogP contribution is -2.49. The summed E-state index contributed by atoms with van der Waals surface area (Å²) >= 11 is 0. The van der Waals surface area contributed by atoms with Crippen LogP contribution in [0.4, 0.5) is 11.5 Å². The van der Waals surface area contributed by atoms with Crippen molar-refractivity contribution in [2.45, 2.75) is 6.92 Å². The van der Waals surface area contributed by atoms with E-state index in [0.717, 1.165) is 11.5 Å². The second-order valence-electron chi connectivity index (χ2n) is 6.58. The maximum atomic E-state index is 12.7. The average Bonchev–Trinajstić information content (AvgIpc) is 2.67. The van der Waals surface area contributed by atoms with Gasteiger partial charge < -0.3 is 14.7 Å². The Morgan fingerprint density at radius 2 is 1.62 bits per heavy atom. The van der Waals surface area contributed by atoms with E-state index in [1.165, 1.54) is 6.92 Å². The summed E-state index contributed by atoms with van der Waals surface area (Å²) in [6, 6.07) is 8.85. The number of carbonyl (C=O) groups is 2. The quantitative estimate of drug-likeness (QED) is 0.780. The van der Waals surface area contributed by atoms with Crippen LogP contribution in [0, 0.1) is 0 Å². The van der Waals surface area contributed by atoms with Gasteiger partial charge >= 0.3 is 0 Å². The van der Waals surface area contributed by atoms with Gasteiger partial charge in [0.1, 0.15) is 0 Å². The van der Waals surface area contributed by atoms with Gasteiger partial charge in [-0.1, -0.05) is 12.1 Å². The van der Waals surface area contributed by atoms with Gasteiger partial charge in [-0.05, 0) is 19.1 Å². The van der Waals surface area contributed by atoms with E-state index >= 15 is 0 Å². The molecule has 0 spiro atoms. The van der Waals surface area contributed by atoms with Crippen LogP contribution in [-0.4, -0.2) is 67.1 Å². The van der Waals surface area contributed by atoms with Gasteiger partial charge in [-0.3, -0.25) is 9.59 Å². The van der Waals surface area contributed by atoms with Crippen molar-refractivity contribution in [2.75, 3.05) is 50.1 Å². The fourth-order valence-corrected chi connectivity index (χ4v) is 2.91. The molecule has 3 rings (SSSR count). The highest BCUT2D eigenvalue weighted by atomic mass is 16.2. The van der Waals surface area contributed by atoms with E-state index < -0.39 is 0 Å². The molecule has 7 heteroatoms. The van der Waals surface area contributed by atoms with E-state index in [9.17, 15) is 9.59 Å². The average molecular weight is 353 g/mol. The number of amides is 1. The van der Waals surface area contributed by atoms with Crippen molar-refractivity contribution in [1.82, 2.24) is 15.1 Å². The number of ketones is 1. The SMILES string of the molecule is CC(=O)c1ccc(C(=O)N2CCN(c3cc(N(C)C)cnn3)CC2)cc1. The van der Waals surface area contributed by atoms with Crippen molar-refractivity contribution < 1.29 is 9.59 Å². The molecular weight excluding hydrogens is 330 g/mol. The van der Waals surface area contributed by atoms with E-state index in [1.807, 2.05) is 30.0 Å². The molecule has 136 valence electrons. The highest BCUT2D eigenvalue weighted by Crippen LogP contribution is 2.19. The normalized spacial score (nSPS) is 14.3. The Bertz CT molecular complexity index is 796. The first-order valence-electron chi connectivity index (χ1n) is 8.61. The number of rotatable bonds is 4. The standard InChI is InChI=1S/C19H23N5O2/c1-14(25)15-4-6-16(7-5-15)19(26)24-10-8-23(9-11-24)18-12-17(22(2)3)13-20-21-18/h4-7,12-13H,8-11H2,1-3H3. The zero-order valence-corrected chi connectivity index (χ0v) is 15.3. The minimum atomic E-state index is -0.00659. The molecule has 0 saturated carbocycles. The number of anilines is 2. The van der Waals surface area contributed by atoms with E-state index in [-0.39, 0.29) is 11.7 Å². The summed E-state index contributed by atoms with van der Waals surface area (Å²) in [7, 11) is 3.93. The predicted octanol–water partition coefficient (Wildman–Crippen LogP) is 1.71. The molecule has 1 aromatic carbocycles. The van der Waals surface area contributed by atoms with E-state index in [4.69, 9.17) is 0 Å². The third kappa shape index (κ3) is 3.82. The van der Waals surface area contributed by atoms with Crippen LogP contribution in [0.2, 0.25) is 0 Å². The Hall–Kier alpha value is -2.96. The minimum absolute atomic E-state index is 0.00122. The molecule has 0 unspecified atom stereocenters. The number of piperazine rings is 1. The van der Waals surface area contributed by atoms with Gasteiger partial charge in [0.05, 0.1) is 11.9 Å². The van der Waals surface area contributed by atoms with Crippen LogP contribution in [0.3, 0.4) is 0 Å². The molecule has 0 bridgehead atoms. The first-order chi connectivity index (χ1) is 12.5.